The van der Waals surface area contributed by atoms with Gasteiger partial charge in [0.1, 0.15) is 5.82 Å². The maximum atomic E-state index is 11.1. The molecule has 0 aliphatic rings. The molecule has 1 aromatic rings. The number of anilines is 1. The molecule has 1 heterocycles. The van der Waals surface area contributed by atoms with E-state index in [9.17, 15) is 4.79 Å². The Kier molecular flexibility index (Phi) is 5.15. The number of carbonyl (C=O) groups excluding carboxylic acids is 1. The van der Waals surface area contributed by atoms with Crippen LogP contribution in [0, 0.1) is 6.92 Å². The number of aryl methyl sites for hydroxylation is 2. The van der Waals surface area contributed by atoms with E-state index in [-0.39, 0.29) is 6.61 Å². The summed E-state index contributed by atoms with van der Waals surface area (Å²) in [6, 6.07) is 0. The van der Waals surface area contributed by atoms with Gasteiger partial charge < -0.3 is 10.0 Å². The molecule has 0 aliphatic heterocycles. The lowest BCUT2D eigenvalue weighted by atomic mass is 10.2. The fourth-order valence-corrected chi connectivity index (χ4v) is 1.97. The van der Waals surface area contributed by atoms with Crippen molar-refractivity contribution in [3.8, 4) is 0 Å². The van der Waals surface area contributed by atoms with Crippen molar-refractivity contribution in [3.63, 3.8) is 0 Å². The highest BCUT2D eigenvalue weighted by molar-refractivity contribution is 5.84. The zero-order valence-electron chi connectivity index (χ0n) is 10.8. The minimum atomic E-state index is 0.0756. The molecule has 0 radical (unpaired) electrons. The predicted molar refractivity (Wildman–Crippen MR) is 67.5 cm³/mol. The summed E-state index contributed by atoms with van der Waals surface area (Å²) in [4.78, 5) is 13.1. The molecule has 5 heteroatoms. The van der Waals surface area contributed by atoms with Crippen molar-refractivity contribution in [3.05, 3.63) is 11.3 Å². The second-order valence-electron chi connectivity index (χ2n) is 4.13. The predicted octanol–water partition coefficient (Wildman–Crippen LogP) is 1.14. The highest BCUT2D eigenvalue weighted by atomic mass is 16.3. The van der Waals surface area contributed by atoms with Gasteiger partial charge in [-0.25, -0.2) is 0 Å². The zero-order valence-corrected chi connectivity index (χ0v) is 10.8. The van der Waals surface area contributed by atoms with E-state index in [1.54, 1.807) is 4.68 Å². The first-order chi connectivity index (χ1) is 8.15. The Bertz CT molecular complexity index is 374. The molecule has 0 spiro atoms. The van der Waals surface area contributed by atoms with Gasteiger partial charge in [-0.1, -0.05) is 13.3 Å². The van der Waals surface area contributed by atoms with Gasteiger partial charge in [0.2, 0.25) is 0 Å². The number of aliphatic hydroxyl groups is 1. The van der Waals surface area contributed by atoms with Crippen LogP contribution in [0.1, 0.15) is 35.8 Å². The van der Waals surface area contributed by atoms with Gasteiger partial charge >= 0.3 is 0 Å². The summed E-state index contributed by atoms with van der Waals surface area (Å²) in [5.74, 6) is 0.806. The molecule has 0 atom stereocenters. The van der Waals surface area contributed by atoms with Crippen molar-refractivity contribution in [2.75, 3.05) is 24.6 Å². The van der Waals surface area contributed by atoms with E-state index < -0.39 is 0 Å². The average molecular weight is 239 g/mol. The van der Waals surface area contributed by atoms with Crippen LogP contribution in [-0.4, -0.2) is 40.9 Å². The van der Waals surface area contributed by atoms with Gasteiger partial charge in [0.15, 0.2) is 6.29 Å². The van der Waals surface area contributed by atoms with Gasteiger partial charge in [-0.3, -0.25) is 9.48 Å². The molecule has 0 unspecified atom stereocenters. The van der Waals surface area contributed by atoms with E-state index in [1.807, 2.05) is 18.9 Å². The molecular weight excluding hydrogens is 218 g/mol. The van der Waals surface area contributed by atoms with Gasteiger partial charge in [-0.2, -0.15) is 5.10 Å². The van der Waals surface area contributed by atoms with Crippen molar-refractivity contribution in [2.45, 2.75) is 26.7 Å². The number of unbranched alkanes of at least 4 members (excludes halogenated alkanes) is 1. The molecule has 0 aromatic carbocycles. The fraction of sp³-hybridized carbons (Fsp3) is 0.667. The molecule has 1 aromatic heterocycles. The molecule has 1 N–H and O–H groups in total. The summed E-state index contributed by atoms with van der Waals surface area (Å²) < 4.78 is 1.71. The minimum absolute atomic E-state index is 0.0756. The van der Waals surface area contributed by atoms with Crippen LogP contribution < -0.4 is 4.90 Å². The Balaban J connectivity index is 3.03. The van der Waals surface area contributed by atoms with E-state index >= 15 is 0 Å². The normalized spacial score (nSPS) is 10.6. The van der Waals surface area contributed by atoms with Crippen LogP contribution in [0.4, 0.5) is 5.82 Å². The number of aldehydes is 1. The van der Waals surface area contributed by atoms with E-state index in [4.69, 9.17) is 5.11 Å². The molecule has 1 rings (SSSR count). The quantitative estimate of drug-likeness (QED) is 0.725. The van der Waals surface area contributed by atoms with Gasteiger partial charge in [0.25, 0.3) is 0 Å². The lowest BCUT2D eigenvalue weighted by Crippen LogP contribution is -2.30. The molecule has 0 bridgehead atoms. The Morgan fingerprint density at radius 2 is 2.18 bits per heavy atom. The lowest BCUT2D eigenvalue weighted by Gasteiger charge is -2.24. The second kappa shape index (κ2) is 6.39. The van der Waals surface area contributed by atoms with Crippen molar-refractivity contribution in [1.29, 1.82) is 0 Å². The monoisotopic (exact) mass is 239 g/mol. The van der Waals surface area contributed by atoms with Gasteiger partial charge in [-0.05, 0) is 13.3 Å². The largest absolute Gasteiger partial charge is 0.395 e. The van der Waals surface area contributed by atoms with Crippen LogP contribution in [0.15, 0.2) is 0 Å². The maximum Gasteiger partial charge on any atom is 0.155 e. The summed E-state index contributed by atoms with van der Waals surface area (Å²) in [7, 11) is 1.83. The third kappa shape index (κ3) is 3.06. The summed E-state index contributed by atoms with van der Waals surface area (Å²) in [5, 5.41) is 13.4. The first-order valence-electron chi connectivity index (χ1n) is 6.00. The smallest absolute Gasteiger partial charge is 0.155 e. The molecular formula is C12H21N3O2. The number of aliphatic hydroxyl groups excluding tert-OH is 1. The van der Waals surface area contributed by atoms with E-state index in [2.05, 4.69) is 12.0 Å². The topological polar surface area (TPSA) is 58.4 Å². The molecule has 17 heavy (non-hydrogen) atoms. The number of nitrogens with zero attached hydrogens (tertiary/aromatic N) is 3. The molecule has 96 valence electrons. The van der Waals surface area contributed by atoms with Crippen LogP contribution in [-0.2, 0) is 7.05 Å². The number of carbonyl (C=O) groups is 1. The highest BCUT2D eigenvalue weighted by Crippen LogP contribution is 2.21. The van der Waals surface area contributed by atoms with Crippen molar-refractivity contribution in [2.24, 2.45) is 7.05 Å². The Morgan fingerprint density at radius 1 is 1.47 bits per heavy atom. The maximum absolute atomic E-state index is 11.1. The first-order valence-corrected chi connectivity index (χ1v) is 6.00. The number of hydrogen-bond acceptors (Lipinski definition) is 4. The van der Waals surface area contributed by atoms with Crippen LogP contribution in [0.5, 0.6) is 0 Å². The van der Waals surface area contributed by atoms with E-state index in [0.717, 1.165) is 37.2 Å². The van der Waals surface area contributed by atoms with Crippen molar-refractivity contribution in [1.82, 2.24) is 9.78 Å². The second-order valence-corrected chi connectivity index (χ2v) is 4.13. The SMILES string of the molecule is CCCCN(CCO)c1c(C=O)c(C)nn1C. The average Bonchev–Trinajstić information content (AvgIpc) is 2.59. The highest BCUT2D eigenvalue weighted by Gasteiger charge is 2.18. The van der Waals surface area contributed by atoms with E-state index in [1.165, 1.54) is 0 Å². The minimum Gasteiger partial charge on any atom is -0.395 e. The summed E-state index contributed by atoms with van der Waals surface area (Å²) in [6.45, 7) is 5.37. The molecule has 0 aliphatic carbocycles. The van der Waals surface area contributed by atoms with Gasteiger partial charge in [-0.15, -0.1) is 0 Å². The first kappa shape index (κ1) is 13.7. The summed E-state index contributed by atoms with van der Waals surface area (Å²) in [6.07, 6.45) is 2.95. The third-order valence-corrected chi connectivity index (χ3v) is 2.81. The van der Waals surface area contributed by atoms with Crippen LogP contribution in [0.3, 0.4) is 0 Å². The lowest BCUT2D eigenvalue weighted by molar-refractivity contribution is 0.112. The zero-order chi connectivity index (χ0) is 12.8. The Labute approximate surface area is 102 Å². The van der Waals surface area contributed by atoms with Crippen LogP contribution in [0.25, 0.3) is 0 Å². The summed E-state index contributed by atoms with van der Waals surface area (Å²) in [5.41, 5.74) is 1.36. The Hall–Kier alpha value is -1.36. The number of aromatic nitrogens is 2. The van der Waals surface area contributed by atoms with Crippen molar-refractivity contribution >= 4 is 12.1 Å². The fourth-order valence-electron chi connectivity index (χ4n) is 1.97. The van der Waals surface area contributed by atoms with Gasteiger partial charge in [0, 0.05) is 20.1 Å². The summed E-state index contributed by atoms with van der Waals surface area (Å²) >= 11 is 0. The Morgan fingerprint density at radius 3 is 2.71 bits per heavy atom. The van der Waals surface area contributed by atoms with Crippen molar-refractivity contribution < 1.29 is 9.90 Å². The standard InChI is InChI=1S/C12H21N3O2/c1-4-5-6-15(7-8-16)12-11(9-17)10(2)13-14(12)3/h9,16H,4-8H2,1-3H3. The van der Waals surface area contributed by atoms with E-state index in [0.29, 0.717) is 12.1 Å². The number of hydrogen-bond donors (Lipinski definition) is 1. The number of rotatable bonds is 7. The van der Waals surface area contributed by atoms with Crippen LogP contribution >= 0.6 is 0 Å². The van der Waals surface area contributed by atoms with Crippen LogP contribution in [0.2, 0.25) is 0 Å². The van der Waals surface area contributed by atoms with Gasteiger partial charge in [0.05, 0.1) is 17.9 Å². The molecule has 0 fully saturated rings. The third-order valence-electron chi connectivity index (χ3n) is 2.81. The molecule has 0 amide bonds. The molecule has 0 saturated carbocycles. The molecule has 0 saturated heterocycles. The molecule has 5 nitrogen and oxygen atoms in total.